The maximum absolute atomic E-state index is 13.6. The molecule has 1 unspecified atom stereocenters. The van der Waals surface area contributed by atoms with Crippen LogP contribution in [0.25, 0.3) is 10.8 Å². The molecule has 39 heavy (non-hydrogen) atoms. The van der Waals surface area contributed by atoms with Gasteiger partial charge in [-0.05, 0) is 53.9 Å². The molecule has 3 aromatic carbocycles. The Morgan fingerprint density at radius 2 is 1.54 bits per heavy atom. The number of methoxy groups -OCH3 is 3. The molecule has 0 aromatic heterocycles. The Hall–Kier alpha value is -4.07. The van der Waals surface area contributed by atoms with Gasteiger partial charge in [0.25, 0.3) is 5.91 Å². The van der Waals surface area contributed by atoms with Crippen LogP contribution in [0.1, 0.15) is 42.6 Å². The van der Waals surface area contributed by atoms with Crippen LogP contribution >= 0.6 is 0 Å². The third-order valence-electron chi connectivity index (χ3n) is 8.06. The van der Waals surface area contributed by atoms with Crippen molar-refractivity contribution >= 4 is 28.7 Å². The molecule has 0 N–H and O–H groups in total. The second-order valence-electron chi connectivity index (χ2n) is 10.6. The average molecular weight is 530 g/mol. The van der Waals surface area contributed by atoms with Crippen LogP contribution in [-0.4, -0.2) is 74.3 Å². The van der Waals surface area contributed by atoms with Gasteiger partial charge >= 0.3 is 0 Å². The van der Waals surface area contributed by atoms with Gasteiger partial charge < -0.3 is 23.9 Å². The second-order valence-corrected chi connectivity index (χ2v) is 10.6. The third-order valence-corrected chi connectivity index (χ3v) is 8.06. The topological polar surface area (TPSA) is 80.7 Å². The highest BCUT2D eigenvalue weighted by atomic mass is 16.5. The molecule has 8 nitrogen and oxygen atoms in total. The Morgan fingerprint density at radius 1 is 0.897 bits per heavy atom. The van der Waals surface area contributed by atoms with Crippen molar-refractivity contribution in [3.63, 3.8) is 0 Å². The number of carbonyl (C=O) groups is 2. The van der Waals surface area contributed by atoms with E-state index < -0.39 is 11.5 Å². The van der Waals surface area contributed by atoms with Gasteiger partial charge in [-0.3, -0.25) is 9.80 Å². The quantitative estimate of drug-likeness (QED) is 0.410. The molecule has 0 aliphatic carbocycles. The largest absolute Gasteiger partial charge is 0.496 e. The van der Waals surface area contributed by atoms with E-state index >= 15 is 0 Å². The fourth-order valence-corrected chi connectivity index (χ4v) is 5.79. The number of carbonyl (C=O) groups excluding carboxylic acids is 2. The molecule has 1 fully saturated rings. The number of fused-ring (bicyclic) bond motifs is 1. The molecule has 3 aromatic rings. The maximum Gasteiger partial charge on any atom is 0.257 e. The summed E-state index contributed by atoms with van der Waals surface area (Å²) in [6, 6.07) is 17.1. The minimum absolute atomic E-state index is 0.0414. The van der Waals surface area contributed by atoms with Crippen molar-refractivity contribution in [3.05, 3.63) is 65.7 Å². The van der Waals surface area contributed by atoms with E-state index in [9.17, 15) is 9.59 Å². The molecule has 0 bridgehead atoms. The van der Waals surface area contributed by atoms with Crippen LogP contribution in [-0.2, 0) is 4.79 Å². The molecule has 0 saturated carbocycles. The lowest BCUT2D eigenvalue weighted by Gasteiger charge is -2.39. The number of rotatable bonds is 7. The van der Waals surface area contributed by atoms with Crippen LogP contribution in [0.15, 0.2) is 59.7 Å². The Bertz CT molecular complexity index is 1420. The number of ether oxygens (including phenoxy) is 3. The van der Waals surface area contributed by atoms with E-state index in [0.717, 1.165) is 28.3 Å². The summed E-state index contributed by atoms with van der Waals surface area (Å²) in [5.41, 5.74) is 1.78. The number of amides is 1. The monoisotopic (exact) mass is 529 g/mol. The van der Waals surface area contributed by atoms with Crippen LogP contribution in [0.5, 0.6) is 17.2 Å². The first-order valence-electron chi connectivity index (χ1n) is 13.2. The zero-order valence-electron chi connectivity index (χ0n) is 23.1. The molecule has 0 radical (unpaired) electrons. The summed E-state index contributed by atoms with van der Waals surface area (Å²) in [6.07, 6.45) is 2.42. The molecule has 204 valence electrons. The molecule has 2 aliphatic heterocycles. The predicted molar refractivity (Wildman–Crippen MR) is 151 cm³/mol. The number of hydrogen-bond acceptors (Lipinski definition) is 7. The highest BCUT2D eigenvalue weighted by molar-refractivity contribution is 6.08. The van der Waals surface area contributed by atoms with Gasteiger partial charge in [-0.2, -0.15) is 5.10 Å². The Morgan fingerprint density at radius 3 is 2.15 bits per heavy atom. The lowest BCUT2D eigenvalue weighted by molar-refractivity contribution is -0.115. The molecule has 5 rings (SSSR count). The van der Waals surface area contributed by atoms with Crippen molar-refractivity contribution in [2.45, 2.75) is 38.8 Å². The summed E-state index contributed by atoms with van der Waals surface area (Å²) in [7, 11) is 4.80. The Labute approximate surface area is 229 Å². The van der Waals surface area contributed by atoms with Gasteiger partial charge in [0.15, 0.2) is 11.5 Å². The average Bonchev–Trinajstić information content (AvgIpc) is 3.25. The van der Waals surface area contributed by atoms with E-state index in [0.29, 0.717) is 48.7 Å². The van der Waals surface area contributed by atoms with E-state index in [1.807, 2.05) is 78.4 Å². The maximum atomic E-state index is 13.6. The van der Waals surface area contributed by atoms with Crippen molar-refractivity contribution in [1.29, 1.82) is 0 Å². The lowest BCUT2D eigenvalue weighted by atomic mass is 9.78. The van der Waals surface area contributed by atoms with Gasteiger partial charge in [-0.1, -0.05) is 38.1 Å². The van der Waals surface area contributed by atoms with Crippen molar-refractivity contribution in [2.75, 3.05) is 34.4 Å². The minimum Gasteiger partial charge on any atom is -0.496 e. The van der Waals surface area contributed by atoms with Crippen LogP contribution in [0, 0.1) is 5.41 Å². The zero-order chi connectivity index (χ0) is 27.7. The first-order valence-corrected chi connectivity index (χ1v) is 13.2. The number of benzene rings is 3. The van der Waals surface area contributed by atoms with Crippen molar-refractivity contribution in [1.82, 2.24) is 9.91 Å². The van der Waals surface area contributed by atoms with Gasteiger partial charge in [-0.15, -0.1) is 0 Å². The van der Waals surface area contributed by atoms with Crippen molar-refractivity contribution < 1.29 is 23.8 Å². The van der Waals surface area contributed by atoms with Gasteiger partial charge in [0.2, 0.25) is 0 Å². The molecule has 1 amide bonds. The fourth-order valence-electron chi connectivity index (χ4n) is 5.79. The minimum atomic E-state index is -0.507. The first-order chi connectivity index (χ1) is 18.8. The van der Waals surface area contributed by atoms with Crippen LogP contribution < -0.4 is 14.2 Å². The molecule has 2 aliphatic rings. The van der Waals surface area contributed by atoms with E-state index in [4.69, 9.17) is 19.3 Å². The standard InChI is InChI=1S/C31H35N3O5/c1-31(2)28(19-35)34(32-29(31)22-10-11-25(37-3)27(18-22)39-5)23-12-14-33(15-13-23)30(36)24-16-20-8-6-7-9-21(20)17-26(24)38-4/h6-11,16-19,23,28H,12-15H2,1-5H3. The van der Waals surface area contributed by atoms with E-state index in [1.165, 1.54) is 0 Å². The number of hydrazone groups is 1. The van der Waals surface area contributed by atoms with E-state index in [-0.39, 0.29) is 11.9 Å². The van der Waals surface area contributed by atoms with Gasteiger partial charge in [0.1, 0.15) is 18.1 Å². The van der Waals surface area contributed by atoms with Crippen molar-refractivity contribution in [3.8, 4) is 17.2 Å². The van der Waals surface area contributed by atoms with Crippen LogP contribution in [0.4, 0.5) is 0 Å². The van der Waals surface area contributed by atoms with Gasteiger partial charge in [0, 0.05) is 24.1 Å². The number of likely N-dealkylation sites (tertiary alicyclic amines) is 1. The van der Waals surface area contributed by atoms with E-state index in [1.54, 1.807) is 21.3 Å². The molecule has 2 heterocycles. The summed E-state index contributed by atoms with van der Waals surface area (Å²) >= 11 is 0. The Balaban J connectivity index is 1.36. The smallest absolute Gasteiger partial charge is 0.257 e. The summed E-state index contributed by atoms with van der Waals surface area (Å²) < 4.78 is 16.5. The van der Waals surface area contributed by atoms with Crippen LogP contribution in [0.3, 0.4) is 0 Å². The summed E-state index contributed by atoms with van der Waals surface area (Å²) in [4.78, 5) is 27.8. The third kappa shape index (κ3) is 4.68. The highest BCUT2D eigenvalue weighted by Crippen LogP contribution is 2.40. The highest BCUT2D eigenvalue weighted by Gasteiger charge is 2.47. The number of nitrogens with zero attached hydrogens (tertiary/aromatic N) is 3. The number of aldehydes is 1. The molecule has 8 heteroatoms. The Kier molecular flexibility index (Phi) is 7.21. The lowest BCUT2D eigenvalue weighted by Crippen LogP contribution is -2.50. The first kappa shape index (κ1) is 26.5. The summed E-state index contributed by atoms with van der Waals surface area (Å²) in [5.74, 6) is 1.79. The summed E-state index contributed by atoms with van der Waals surface area (Å²) in [6.45, 7) is 5.24. The SMILES string of the molecule is COc1ccc(C2=NN(C3CCN(C(=O)c4cc5ccccc5cc4OC)CC3)C(C=O)C2(C)C)cc1OC. The van der Waals surface area contributed by atoms with Gasteiger partial charge in [-0.25, -0.2) is 0 Å². The van der Waals surface area contributed by atoms with E-state index in [2.05, 4.69) is 0 Å². The number of piperidine rings is 1. The fraction of sp³-hybridized carbons (Fsp3) is 0.387. The second kappa shape index (κ2) is 10.6. The molecule has 1 saturated heterocycles. The predicted octanol–water partition coefficient (Wildman–Crippen LogP) is 4.78. The summed E-state index contributed by atoms with van der Waals surface area (Å²) in [5, 5.41) is 9.00. The molecule has 0 spiro atoms. The van der Waals surface area contributed by atoms with Crippen molar-refractivity contribution in [2.24, 2.45) is 10.5 Å². The normalized spacial score (nSPS) is 19.1. The van der Waals surface area contributed by atoms with Crippen LogP contribution in [0.2, 0.25) is 0 Å². The molecular weight excluding hydrogens is 494 g/mol. The number of hydrogen-bond donors (Lipinski definition) is 0. The van der Waals surface area contributed by atoms with Gasteiger partial charge in [0.05, 0.1) is 38.6 Å². The zero-order valence-corrected chi connectivity index (χ0v) is 23.1. The molecule has 1 atom stereocenters. The molecular formula is C31H35N3O5.